The number of nitrogens with one attached hydrogen (secondary N) is 1. The number of benzene rings is 1. The highest BCUT2D eigenvalue weighted by molar-refractivity contribution is 5.27. The first-order valence-corrected chi connectivity index (χ1v) is 7.55. The zero-order valence-corrected chi connectivity index (χ0v) is 12.5. The van der Waals surface area contributed by atoms with Gasteiger partial charge in [-0.1, -0.05) is 31.2 Å². The van der Waals surface area contributed by atoms with Gasteiger partial charge in [0.15, 0.2) is 0 Å². The van der Waals surface area contributed by atoms with Crippen molar-refractivity contribution in [3.63, 3.8) is 0 Å². The van der Waals surface area contributed by atoms with Crippen LogP contribution >= 0.6 is 0 Å². The Morgan fingerprint density at radius 1 is 1.32 bits per heavy atom. The molecular weight excluding hydrogens is 234 g/mol. The highest BCUT2D eigenvalue weighted by Crippen LogP contribution is 2.39. The van der Waals surface area contributed by atoms with Crippen molar-refractivity contribution >= 4 is 0 Å². The van der Waals surface area contributed by atoms with Gasteiger partial charge in [0.05, 0.1) is 5.60 Å². The zero-order valence-electron chi connectivity index (χ0n) is 12.5. The van der Waals surface area contributed by atoms with E-state index in [-0.39, 0.29) is 5.60 Å². The molecule has 1 aliphatic rings. The Balaban J connectivity index is 2.12. The van der Waals surface area contributed by atoms with E-state index in [2.05, 4.69) is 43.4 Å². The monoisotopic (exact) mass is 261 g/mol. The fourth-order valence-electron chi connectivity index (χ4n) is 3.04. The first-order chi connectivity index (χ1) is 9.22. The van der Waals surface area contributed by atoms with Crippen LogP contribution in [0, 0.1) is 6.92 Å². The van der Waals surface area contributed by atoms with Gasteiger partial charge >= 0.3 is 0 Å². The first kappa shape index (κ1) is 14.5. The van der Waals surface area contributed by atoms with E-state index in [9.17, 15) is 0 Å². The molecule has 2 heteroatoms. The van der Waals surface area contributed by atoms with Crippen molar-refractivity contribution in [2.75, 3.05) is 13.7 Å². The van der Waals surface area contributed by atoms with Crippen molar-refractivity contribution in [3.05, 3.63) is 35.4 Å². The van der Waals surface area contributed by atoms with Crippen molar-refractivity contribution in [2.24, 2.45) is 0 Å². The predicted octanol–water partition coefficient (Wildman–Crippen LogP) is 3.47. The molecule has 0 aromatic heterocycles. The summed E-state index contributed by atoms with van der Waals surface area (Å²) in [5.74, 6) is 0. The third-order valence-electron chi connectivity index (χ3n) is 4.57. The van der Waals surface area contributed by atoms with Crippen LogP contribution in [-0.4, -0.2) is 25.3 Å². The molecule has 0 heterocycles. The maximum Gasteiger partial charge on any atom is 0.0834 e. The lowest BCUT2D eigenvalue weighted by molar-refractivity contribution is -0.0980. The van der Waals surface area contributed by atoms with Crippen LogP contribution in [0.1, 0.15) is 43.7 Å². The molecule has 1 aliphatic carbocycles. The Labute approximate surface area is 117 Å². The summed E-state index contributed by atoms with van der Waals surface area (Å²) in [7, 11) is 1.87. The quantitative estimate of drug-likeness (QED) is 0.811. The van der Waals surface area contributed by atoms with Gasteiger partial charge < -0.3 is 10.1 Å². The van der Waals surface area contributed by atoms with Crippen LogP contribution in [0.5, 0.6) is 0 Å². The maximum atomic E-state index is 5.88. The molecule has 0 aliphatic heterocycles. The Hall–Kier alpha value is -0.860. The fraction of sp³-hybridized carbons (Fsp3) is 0.647. The summed E-state index contributed by atoms with van der Waals surface area (Å²) in [5.41, 5.74) is 2.90. The van der Waals surface area contributed by atoms with E-state index in [1.807, 2.05) is 7.11 Å². The molecule has 106 valence electrons. The molecule has 1 saturated carbocycles. The van der Waals surface area contributed by atoms with Crippen LogP contribution < -0.4 is 5.32 Å². The maximum absolute atomic E-state index is 5.88. The third kappa shape index (κ3) is 3.18. The summed E-state index contributed by atoms with van der Waals surface area (Å²) in [4.78, 5) is 0. The predicted molar refractivity (Wildman–Crippen MR) is 80.6 cm³/mol. The second kappa shape index (κ2) is 6.53. The van der Waals surface area contributed by atoms with Gasteiger partial charge in [0.1, 0.15) is 0 Å². The standard InChI is InChI=1S/C17H27NO/c1-4-12-18-16(17(19-3)10-7-11-17)13-15-9-6-5-8-14(15)2/h5-6,8-9,16,18H,4,7,10-13H2,1-3H3. The summed E-state index contributed by atoms with van der Waals surface area (Å²) < 4.78 is 5.88. The highest BCUT2D eigenvalue weighted by atomic mass is 16.5. The smallest absolute Gasteiger partial charge is 0.0834 e. The number of hydrogen-bond acceptors (Lipinski definition) is 2. The van der Waals surface area contributed by atoms with Crippen LogP contribution in [-0.2, 0) is 11.2 Å². The molecule has 1 unspecified atom stereocenters. The molecule has 0 spiro atoms. The normalized spacial score (nSPS) is 18.9. The number of hydrogen-bond donors (Lipinski definition) is 1. The number of ether oxygens (including phenoxy) is 1. The third-order valence-corrected chi connectivity index (χ3v) is 4.57. The Morgan fingerprint density at radius 3 is 2.58 bits per heavy atom. The SMILES string of the molecule is CCCNC(Cc1ccccc1C)C1(OC)CCC1. The fourth-order valence-corrected chi connectivity index (χ4v) is 3.04. The van der Waals surface area contributed by atoms with Crippen molar-refractivity contribution < 1.29 is 4.74 Å². The van der Waals surface area contributed by atoms with Gasteiger partial charge in [0.2, 0.25) is 0 Å². The van der Waals surface area contributed by atoms with E-state index in [1.54, 1.807) is 0 Å². The lowest BCUT2D eigenvalue weighted by Crippen LogP contribution is -2.57. The molecule has 19 heavy (non-hydrogen) atoms. The second-order valence-corrected chi connectivity index (χ2v) is 5.76. The summed E-state index contributed by atoms with van der Waals surface area (Å²) >= 11 is 0. The highest BCUT2D eigenvalue weighted by Gasteiger charge is 2.44. The molecule has 1 atom stereocenters. The minimum absolute atomic E-state index is 0.0669. The van der Waals surface area contributed by atoms with Gasteiger partial charge in [-0.25, -0.2) is 0 Å². The summed E-state index contributed by atoms with van der Waals surface area (Å²) in [6.07, 6.45) is 5.92. The number of aryl methyl sites for hydroxylation is 1. The van der Waals surface area contributed by atoms with E-state index >= 15 is 0 Å². The lowest BCUT2D eigenvalue weighted by Gasteiger charge is -2.47. The topological polar surface area (TPSA) is 21.3 Å². The molecule has 1 fully saturated rings. The molecule has 0 amide bonds. The minimum Gasteiger partial charge on any atom is -0.377 e. The van der Waals surface area contributed by atoms with E-state index in [0.29, 0.717) is 6.04 Å². The lowest BCUT2D eigenvalue weighted by atomic mass is 9.72. The van der Waals surface area contributed by atoms with E-state index in [4.69, 9.17) is 4.74 Å². The van der Waals surface area contributed by atoms with Gasteiger partial charge in [0.25, 0.3) is 0 Å². The van der Waals surface area contributed by atoms with Crippen molar-refractivity contribution in [2.45, 2.75) is 57.6 Å². The Bertz CT molecular complexity index is 392. The van der Waals surface area contributed by atoms with Gasteiger partial charge in [0, 0.05) is 13.2 Å². The molecule has 2 nitrogen and oxygen atoms in total. The van der Waals surface area contributed by atoms with Crippen molar-refractivity contribution in [1.29, 1.82) is 0 Å². The first-order valence-electron chi connectivity index (χ1n) is 7.55. The van der Waals surface area contributed by atoms with E-state index in [0.717, 1.165) is 13.0 Å². The molecular formula is C17H27NO. The number of rotatable bonds is 7. The van der Waals surface area contributed by atoms with Crippen LogP contribution in [0.25, 0.3) is 0 Å². The Kier molecular flexibility index (Phi) is 5.00. The molecule has 1 aromatic rings. The molecule has 0 bridgehead atoms. The molecule has 1 N–H and O–H groups in total. The average molecular weight is 261 g/mol. The molecule has 1 aromatic carbocycles. The van der Waals surface area contributed by atoms with Gasteiger partial charge in [-0.15, -0.1) is 0 Å². The summed E-state index contributed by atoms with van der Waals surface area (Å²) in [6.45, 7) is 5.49. The number of methoxy groups -OCH3 is 1. The molecule has 0 radical (unpaired) electrons. The average Bonchev–Trinajstić information content (AvgIpc) is 2.37. The van der Waals surface area contributed by atoms with Crippen LogP contribution in [0.3, 0.4) is 0 Å². The molecule has 0 saturated heterocycles. The van der Waals surface area contributed by atoms with Crippen molar-refractivity contribution in [1.82, 2.24) is 5.32 Å². The van der Waals surface area contributed by atoms with Crippen LogP contribution in [0.2, 0.25) is 0 Å². The van der Waals surface area contributed by atoms with Crippen LogP contribution in [0.4, 0.5) is 0 Å². The van der Waals surface area contributed by atoms with Gasteiger partial charge in [-0.3, -0.25) is 0 Å². The zero-order chi connectivity index (χ0) is 13.7. The van der Waals surface area contributed by atoms with E-state index < -0.39 is 0 Å². The van der Waals surface area contributed by atoms with E-state index in [1.165, 1.54) is 36.8 Å². The summed E-state index contributed by atoms with van der Waals surface area (Å²) in [5, 5.41) is 3.71. The Morgan fingerprint density at radius 2 is 2.05 bits per heavy atom. The van der Waals surface area contributed by atoms with Gasteiger partial charge in [-0.05, 0) is 56.7 Å². The van der Waals surface area contributed by atoms with Crippen LogP contribution in [0.15, 0.2) is 24.3 Å². The summed E-state index contributed by atoms with van der Waals surface area (Å²) in [6, 6.07) is 9.14. The van der Waals surface area contributed by atoms with Gasteiger partial charge in [-0.2, -0.15) is 0 Å². The largest absolute Gasteiger partial charge is 0.377 e. The minimum atomic E-state index is 0.0669. The van der Waals surface area contributed by atoms with Crippen molar-refractivity contribution in [3.8, 4) is 0 Å². The molecule has 2 rings (SSSR count). The second-order valence-electron chi connectivity index (χ2n) is 5.76.